The van der Waals surface area contributed by atoms with Gasteiger partial charge in [0.2, 0.25) is 0 Å². The van der Waals surface area contributed by atoms with Crippen LogP contribution in [0, 0.1) is 0 Å². The van der Waals surface area contributed by atoms with E-state index < -0.39 is 26.5 Å². The van der Waals surface area contributed by atoms with Crippen molar-refractivity contribution in [1.29, 1.82) is 0 Å². The lowest BCUT2D eigenvalue weighted by atomic mass is 10.1. The molecule has 0 saturated carbocycles. The lowest BCUT2D eigenvalue weighted by molar-refractivity contribution is -0.161. The molecule has 0 fully saturated rings. The zero-order valence-corrected chi connectivity index (χ0v) is 28.8. The Labute approximate surface area is 263 Å². The average Bonchev–Trinajstić information content (AvgIpc) is 2.99. The van der Waals surface area contributed by atoms with Gasteiger partial charge in [0, 0.05) is 20.0 Å². The molecule has 0 radical (unpaired) electrons. The fourth-order valence-electron chi connectivity index (χ4n) is 4.77. The van der Waals surface area contributed by atoms with Crippen LogP contribution in [0.15, 0.2) is 12.2 Å². The van der Waals surface area contributed by atoms with Crippen LogP contribution in [0.3, 0.4) is 0 Å². The second kappa shape index (κ2) is 30.8. The Morgan fingerprint density at radius 3 is 1.51 bits per heavy atom. The van der Waals surface area contributed by atoms with Gasteiger partial charge >= 0.3 is 19.8 Å². The van der Waals surface area contributed by atoms with Crippen molar-refractivity contribution in [2.45, 2.75) is 174 Å². The number of hydrogen-bond acceptors (Lipinski definition) is 7. The van der Waals surface area contributed by atoms with Gasteiger partial charge in [-0.25, -0.2) is 4.57 Å². The summed E-state index contributed by atoms with van der Waals surface area (Å²) in [6, 6.07) is 0. The Morgan fingerprint density at radius 1 is 0.628 bits per heavy atom. The highest BCUT2D eigenvalue weighted by Gasteiger charge is 2.24. The fraction of sp³-hybridized carbons (Fsp3) is 0.882. The van der Waals surface area contributed by atoms with E-state index in [0.29, 0.717) is 12.8 Å². The molecule has 0 aliphatic heterocycles. The first-order valence-electron chi connectivity index (χ1n) is 17.4. The van der Waals surface area contributed by atoms with E-state index in [4.69, 9.17) is 14.0 Å². The highest BCUT2D eigenvalue weighted by atomic mass is 31.2. The number of allylic oxidation sites excluding steroid dienone is 2. The molecule has 0 aromatic carbocycles. The molecule has 1 N–H and O–H groups in total. The first kappa shape index (κ1) is 41.8. The number of unbranched alkanes of at least 4 members (excludes halogenated alkanes) is 19. The van der Waals surface area contributed by atoms with Gasteiger partial charge in [-0.2, -0.15) is 0 Å². The van der Waals surface area contributed by atoms with Crippen molar-refractivity contribution in [3.8, 4) is 0 Å². The second-order valence-corrected chi connectivity index (χ2v) is 13.2. The summed E-state index contributed by atoms with van der Waals surface area (Å²) >= 11 is 0. The van der Waals surface area contributed by atoms with Crippen LogP contribution < -0.4 is 0 Å². The highest BCUT2D eigenvalue weighted by Crippen LogP contribution is 2.42. The van der Waals surface area contributed by atoms with Crippen molar-refractivity contribution in [2.75, 3.05) is 20.3 Å². The molecular formula is C34H65O8P. The van der Waals surface area contributed by atoms with Crippen LogP contribution in [0.4, 0.5) is 0 Å². The van der Waals surface area contributed by atoms with Crippen LogP contribution in [-0.2, 0) is 32.7 Å². The number of carbonyl (C=O) groups is 2. The van der Waals surface area contributed by atoms with Gasteiger partial charge in [-0.3, -0.25) is 18.6 Å². The summed E-state index contributed by atoms with van der Waals surface area (Å²) in [5.74, 6) is -0.812. The standard InChI is InChI=1S/C34H65O8P/c1-4-6-8-10-12-14-16-17-18-19-21-23-25-27-29-34(36)42-32(31-41-43(37,38)39-3)30-40-33(35)28-26-24-22-20-15-13-11-9-7-5-2/h16-17,32H,4-15,18-31H2,1-3H3,(H,37,38)/b17-16-. The number of rotatable bonds is 32. The molecule has 8 nitrogen and oxygen atoms in total. The lowest BCUT2D eigenvalue weighted by Crippen LogP contribution is -2.29. The maximum Gasteiger partial charge on any atom is 0.472 e. The van der Waals surface area contributed by atoms with E-state index in [2.05, 4.69) is 30.5 Å². The van der Waals surface area contributed by atoms with Crippen molar-refractivity contribution in [1.82, 2.24) is 0 Å². The van der Waals surface area contributed by atoms with Gasteiger partial charge in [0.25, 0.3) is 0 Å². The highest BCUT2D eigenvalue weighted by molar-refractivity contribution is 7.47. The zero-order valence-electron chi connectivity index (χ0n) is 27.9. The van der Waals surface area contributed by atoms with Gasteiger partial charge < -0.3 is 14.4 Å². The maximum atomic E-state index is 12.4. The van der Waals surface area contributed by atoms with Crippen LogP contribution in [0.1, 0.15) is 168 Å². The molecule has 0 bridgehead atoms. The summed E-state index contributed by atoms with van der Waals surface area (Å²) < 4.78 is 31.7. The summed E-state index contributed by atoms with van der Waals surface area (Å²) in [5, 5.41) is 0. The molecule has 0 spiro atoms. The topological polar surface area (TPSA) is 108 Å². The predicted octanol–water partition coefficient (Wildman–Crippen LogP) is 10.2. The largest absolute Gasteiger partial charge is 0.472 e. The third-order valence-corrected chi connectivity index (χ3v) is 8.45. The SMILES string of the molecule is CCCCCCC/C=C\CCCCCCCC(=O)OC(COC(=O)CCCCCCCCCCCC)COP(=O)(O)OC. The van der Waals surface area contributed by atoms with Gasteiger partial charge in [0.05, 0.1) is 6.61 Å². The molecule has 2 atom stereocenters. The number of phosphoric acid groups is 1. The van der Waals surface area contributed by atoms with Crippen LogP contribution in [0.2, 0.25) is 0 Å². The normalized spacial score (nSPS) is 13.7. The van der Waals surface area contributed by atoms with E-state index in [-0.39, 0.29) is 19.0 Å². The molecular weight excluding hydrogens is 567 g/mol. The van der Waals surface area contributed by atoms with E-state index in [0.717, 1.165) is 58.5 Å². The number of ether oxygens (including phenoxy) is 2. The first-order valence-corrected chi connectivity index (χ1v) is 18.9. The van der Waals surface area contributed by atoms with Gasteiger partial charge in [-0.1, -0.05) is 129 Å². The number of hydrogen-bond donors (Lipinski definition) is 1. The molecule has 0 aromatic heterocycles. The molecule has 2 unspecified atom stereocenters. The number of carbonyl (C=O) groups excluding carboxylic acids is 2. The van der Waals surface area contributed by atoms with Gasteiger partial charge in [-0.05, 0) is 38.5 Å². The summed E-state index contributed by atoms with van der Waals surface area (Å²) in [5.41, 5.74) is 0. The summed E-state index contributed by atoms with van der Waals surface area (Å²) in [7, 11) is -3.19. The van der Waals surface area contributed by atoms with Gasteiger partial charge in [0.1, 0.15) is 6.61 Å². The van der Waals surface area contributed by atoms with E-state index >= 15 is 0 Å². The minimum Gasteiger partial charge on any atom is -0.462 e. The Balaban J connectivity index is 4.11. The number of esters is 2. The molecule has 43 heavy (non-hydrogen) atoms. The summed E-state index contributed by atoms with van der Waals surface area (Å²) in [4.78, 5) is 34.1. The smallest absolute Gasteiger partial charge is 0.462 e. The Hall–Kier alpha value is -1.21. The van der Waals surface area contributed by atoms with Crippen molar-refractivity contribution < 1.29 is 37.6 Å². The Morgan fingerprint density at radius 2 is 1.05 bits per heavy atom. The molecule has 0 heterocycles. The zero-order chi connectivity index (χ0) is 31.9. The maximum absolute atomic E-state index is 12.4. The predicted molar refractivity (Wildman–Crippen MR) is 175 cm³/mol. The lowest BCUT2D eigenvalue weighted by Gasteiger charge is -2.19. The van der Waals surface area contributed by atoms with E-state index in [1.54, 1.807) is 0 Å². The molecule has 0 aromatic rings. The van der Waals surface area contributed by atoms with E-state index in [1.165, 1.54) is 83.5 Å². The third kappa shape index (κ3) is 30.6. The number of phosphoric ester groups is 1. The fourth-order valence-corrected chi connectivity index (χ4v) is 5.23. The molecule has 0 amide bonds. The average molecular weight is 633 g/mol. The Bertz CT molecular complexity index is 727. The van der Waals surface area contributed by atoms with Crippen molar-refractivity contribution in [3.05, 3.63) is 12.2 Å². The minimum absolute atomic E-state index is 0.224. The van der Waals surface area contributed by atoms with Crippen LogP contribution in [-0.4, -0.2) is 43.3 Å². The molecule has 254 valence electrons. The Kier molecular flexibility index (Phi) is 29.9. The van der Waals surface area contributed by atoms with Crippen LogP contribution in [0.5, 0.6) is 0 Å². The summed E-state index contributed by atoms with van der Waals surface area (Å²) in [6.07, 6.45) is 29.8. The third-order valence-electron chi connectivity index (χ3n) is 7.51. The molecule has 0 rings (SSSR count). The van der Waals surface area contributed by atoms with E-state index in [1.807, 2.05) is 0 Å². The molecule has 9 heteroatoms. The molecule has 0 aliphatic carbocycles. The van der Waals surface area contributed by atoms with Crippen molar-refractivity contribution in [2.24, 2.45) is 0 Å². The first-order chi connectivity index (χ1) is 20.8. The van der Waals surface area contributed by atoms with Crippen LogP contribution >= 0.6 is 7.82 Å². The minimum atomic E-state index is -4.25. The molecule has 0 saturated heterocycles. The molecule has 0 aliphatic rings. The van der Waals surface area contributed by atoms with Gasteiger partial charge in [-0.15, -0.1) is 0 Å². The van der Waals surface area contributed by atoms with Crippen molar-refractivity contribution >= 4 is 19.8 Å². The monoisotopic (exact) mass is 632 g/mol. The van der Waals surface area contributed by atoms with Gasteiger partial charge in [0.15, 0.2) is 6.10 Å². The quantitative estimate of drug-likeness (QED) is 0.0338. The van der Waals surface area contributed by atoms with E-state index in [9.17, 15) is 19.0 Å². The summed E-state index contributed by atoms with van der Waals surface area (Å²) in [6.45, 7) is 3.84. The second-order valence-electron chi connectivity index (χ2n) is 11.7. The van der Waals surface area contributed by atoms with Crippen LogP contribution in [0.25, 0.3) is 0 Å². The van der Waals surface area contributed by atoms with Crippen molar-refractivity contribution in [3.63, 3.8) is 0 Å².